The minimum Gasteiger partial charge on any atom is -0.461 e. The summed E-state index contributed by atoms with van der Waals surface area (Å²) >= 11 is 0. The van der Waals surface area contributed by atoms with Crippen LogP contribution in [0.1, 0.15) is 39.2 Å². The van der Waals surface area contributed by atoms with Crippen LogP contribution in [0.3, 0.4) is 0 Å². The molecule has 1 atom stereocenters. The molecule has 0 unspecified atom stereocenters. The van der Waals surface area contributed by atoms with E-state index in [9.17, 15) is 19.2 Å². The van der Waals surface area contributed by atoms with Gasteiger partial charge in [0.15, 0.2) is 5.54 Å². The topological polar surface area (TPSA) is 96.3 Å². The first kappa shape index (κ1) is 18.8. The van der Waals surface area contributed by atoms with Crippen LogP contribution < -0.4 is 4.90 Å². The number of carbonyl (C=O) groups excluding carboxylic acids is 4. The molecule has 8 heteroatoms. The Balaban J connectivity index is 1.96. The number of nitrogens with zero attached hydrogens (tertiary/aromatic N) is 3. The third-order valence-corrected chi connectivity index (χ3v) is 4.79. The van der Waals surface area contributed by atoms with E-state index in [1.807, 2.05) is 19.1 Å². The molecule has 142 valence electrons. The van der Waals surface area contributed by atoms with Crippen LogP contribution in [-0.2, 0) is 30.3 Å². The highest BCUT2D eigenvalue weighted by Crippen LogP contribution is 2.40. The highest BCUT2D eigenvalue weighted by Gasteiger charge is 2.61. The maximum absolute atomic E-state index is 13.2. The van der Waals surface area contributed by atoms with E-state index in [1.54, 1.807) is 19.1 Å². The van der Waals surface area contributed by atoms with E-state index in [4.69, 9.17) is 4.74 Å². The zero-order valence-corrected chi connectivity index (χ0v) is 15.5. The standard InChI is InChI=1S/C19H21N3O5/c1-4-13-6-8-14(9-7-13)21-16(24)11-19(18(21)26)10-15(17(25)27-5-2)20-22(19)12(3)23/h6-9H,4-5,10-11H2,1-3H3/t19-/m1/s1. The van der Waals surface area contributed by atoms with Crippen LogP contribution in [0.5, 0.6) is 0 Å². The third kappa shape index (κ3) is 3.01. The van der Waals surface area contributed by atoms with Crippen LogP contribution in [0.15, 0.2) is 29.4 Å². The predicted octanol–water partition coefficient (Wildman–Crippen LogP) is 1.42. The molecule has 0 bridgehead atoms. The summed E-state index contributed by atoms with van der Waals surface area (Å²) in [7, 11) is 0. The van der Waals surface area contributed by atoms with Crippen molar-refractivity contribution in [3.8, 4) is 0 Å². The van der Waals surface area contributed by atoms with Gasteiger partial charge in [0.2, 0.25) is 11.8 Å². The first-order chi connectivity index (χ1) is 12.8. The number of anilines is 1. The Kier molecular flexibility index (Phi) is 4.82. The molecule has 0 saturated carbocycles. The Morgan fingerprint density at radius 3 is 2.37 bits per heavy atom. The summed E-state index contributed by atoms with van der Waals surface area (Å²) in [6, 6.07) is 7.10. The number of imide groups is 1. The van der Waals surface area contributed by atoms with E-state index in [0.29, 0.717) is 5.69 Å². The van der Waals surface area contributed by atoms with E-state index in [1.165, 1.54) is 6.92 Å². The fraction of sp³-hybridized carbons (Fsp3) is 0.421. The van der Waals surface area contributed by atoms with Crippen molar-refractivity contribution < 1.29 is 23.9 Å². The predicted molar refractivity (Wildman–Crippen MR) is 96.9 cm³/mol. The molecule has 1 spiro atoms. The lowest BCUT2D eigenvalue weighted by molar-refractivity contribution is -0.141. The molecule has 3 amide bonds. The Hall–Kier alpha value is -3.03. The number of hydrogen-bond acceptors (Lipinski definition) is 6. The quantitative estimate of drug-likeness (QED) is 0.589. The molecule has 0 N–H and O–H groups in total. The van der Waals surface area contributed by atoms with Crippen molar-refractivity contribution in [2.24, 2.45) is 5.10 Å². The van der Waals surface area contributed by atoms with Crippen molar-refractivity contribution in [1.29, 1.82) is 0 Å². The number of hydrazone groups is 1. The first-order valence-electron chi connectivity index (χ1n) is 8.85. The van der Waals surface area contributed by atoms with Gasteiger partial charge in [0.1, 0.15) is 5.71 Å². The fourth-order valence-corrected chi connectivity index (χ4v) is 3.47. The largest absolute Gasteiger partial charge is 0.461 e. The fourth-order valence-electron chi connectivity index (χ4n) is 3.47. The smallest absolute Gasteiger partial charge is 0.354 e. The molecular formula is C19H21N3O5. The second kappa shape index (κ2) is 6.94. The minimum absolute atomic E-state index is 0.0311. The lowest BCUT2D eigenvalue weighted by Crippen LogP contribution is -2.51. The molecule has 27 heavy (non-hydrogen) atoms. The van der Waals surface area contributed by atoms with Gasteiger partial charge in [-0.2, -0.15) is 5.10 Å². The molecular weight excluding hydrogens is 350 g/mol. The lowest BCUT2D eigenvalue weighted by atomic mass is 9.91. The molecule has 1 aromatic rings. The van der Waals surface area contributed by atoms with Crippen molar-refractivity contribution in [1.82, 2.24) is 5.01 Å². The first-order valence-corrected chi connectivity index (χ1v) is 8.85. The van der Waals surface area contributed by atoms with Gasteiger partial charge < -0.3 is 4.74 Å². The van der Waals surface area contributed by atoms with Crippen LogP contribution >= 0.6 is 0 Å². The van der Waals surface area contributed by atoms with Crippen LogP contribution in [0.2, 0.25) is 0 Å². The molecule has 1 fully saturated rings. The molecule has 1 saturated heterocycles. The Morgan fingerprint density at radius 2 is 1.81 bits per heavy atom. The minimum atomic E-state index is -1.51. The highest BCUT2D eigenvalue weighted by molar-refractivity contribution is 6.39. The number of aryl methyl sites for hydroxylation is 1. The zero-order valence-electron chi connectivity index (χ0n) is 15.5. The van der Waals surface area contributed by atoms with E-state index < -0.39 is 29.2 Å². The molecule has 8 nitrogen and oxygen atoms in total. The summed E-state index contributed by atoms with van der Waals surface area (Å²) in [5.74, 6) is -2.20. The number of ether oxygens (including phenoxy) is 1. The van der Waals surface area contributed by atoms with Gasteiger partial charge in [0, 0.05) is 13.3 Å². The molecule has 3 rings (SSSR count). The molecule has 2 aliphatic rings. The maximum atomic E-state index is 13.2. The SMILES string of the molecule is CCOC(=O)C1=NN(C(C)=O)[C@@]2(CC(=O)N(c3ccc(CC)cc3)C2=O)C1. The second-order valence-electron chi connectivity index (χ2n) is 6.54. The molecule has 2 aliphatic heterocycles. The Morgan fingerprint density at radius 1 is 1.15 bits per heavy atom. The number of esters is 1. The Labute approximate surface area is 156 Å². The molecule has 0 radical (unpaired) electrons. The van der Waals surface area contributed by atoms with Crippen LogP contribution in [0.4, 0.5) is 5.69 Å². The average molecular weight is 371 g/mol. The van der Waals surface area contributed by atoms with Gasteiger partial charge in [0.25, 0.3) is 5.91 Å². The number of hydrogen-bond donors (Lipinski definition) is 0. The summed E-state index contributed by atoms with van der Waals surface area (Å²) in [6.45, 7) is 5.05. The molecule has 0 aliphatic carbocycles. The number of rotatable bonds is 4. The van der Waals surface area contributed by atoms with Crippen molar-refractivity contribution in [2.75, 3.05) is 11.5 Å². The van der Waals surface area contributed by atoms with E-state index in [2.05, 4.69) is 5.10 Å². The monoisotopic (exact) mass is 371 g/mol. The normalized spacial score (nSPS) is 21.8. The summed E-state index contributed by atoms with van der Waals surface area (Å²) < 4.78 is 4.94. The average Bonchev–Trinajstić information content (AvgIpc) is 3.14. The summed E-state index contributed by atoms with van der Waals surface area (Å²) in [4.78, 5) is 51.1. The van der Waals surface area contributed by atoms with Crippen molar-refractivity contribution >= 4 is 35.1 Å². The van der Waals surface area contributed by atoms with Gasteiger partial charge in [-0.25, -0.2) is 14.7 Å². The molecule has 1 aromatic carbocycles. The van der Waals surface area contributed by atoms with Crippen LogP contribution in [-0.4, -0.2) is 46.6 Å². The van der Waals surface area contributed by atoms with E-state index in [-0.39, 0.29) is 25.2 Å². The summed E-state index contributed by atoms with van der Waals surface area (Å²) in [5.41, 5.74) is -0.0238. The van der Waals surface area contributed by atoms with Gasteiger partial charge in [-0.3, -0.25) is 14.4 Å². The number of amides is 3. The lowest BCUT2D eigenvalue weighted by Gasteiger charge is -2.28. The summed E-state index contributed by atoms with van der Waals surface area (Å²) in [5, 5.41) is 4.97. The van der Waals surface area contributed by atoms with Crippen LogP contribution in [0.25, 0.3) is 0 Å². The van der Waals surface area contributed by atoms with E-state index >= 15 is 0 Å². The van der Waals surface area contributed by atoms with Gasteiger partial charge in [0.05, 0.1) is 18.7 Å². The number of carbonyl (C=O) groups is 4. The zero-order chi connectivity index (χ0) is 19.8. The second-order valence-corrected chi connectivity index (χ2v) is 6.54. The maximum Gasteiger partial charge on any atom is 0.354 e. The van der Waals surface area contributed by atoms with Gasteiger partial charge >= 0.3 is 5.97 Å². The highest BCUT2D eigenvalue weighted by atomic mass is 16.5. The van der Waals surface area contributed by atoms with Crippen molar-refractivity contribution in [2.45, 2.75) is 45.6 Å². The third-order valence-electron chi connectivity index (χ3n) is 4.79. The van der Waals surface area contributed by atoms with Crippen molar-refractivity contribution in [3.05, 3.63) is 29.8 Å². The van der Waals surface area contributed by atoms with Crippen LogP contribution in [0, 0.1) is 0 Å². The number of benzene rings is 1. The molecule has 2 heterocycles. The van der Waals surface area contributed by atoms with Gasteiger partial charge in [-0.1, -0.05) is 19.1 Å². The van der Waals surface area contributed by atoms with E-state index in [0.717, 1.165) is 21.9 Å². The Bertz CT molecular complexity index is 845. The van der Waals surface area contributed by atoms with Gasteiger partial charge in [-0.05, 0) is 31.0 Å². The molecule has 0 aromatic heterocycles. The summed E-state index contributed by atoms with van der Waals surface area (Å²) in [6.07, 6.45) is 0.466. The van der Waals surface area contributed by atoms with Crippen molar-refractivity contribution in [3.63, 3.8) is 0 Å². The van der Waals surface area contributed by atoms with Gasteiger partial charge in [-0.15, -0.1) is 0 Å².